The van der Waals surface area contributed by atoms with Crippen molar-refractivity contribution in [2.45, 2.75) is 33.1 Å². The summed E-state index contributed by atoms with van der Waals surface area (Å²) in [6, 6.07) is 3.03. The highest BCUT2D eigenvalue weighted by molar-refractivity contribution is 5.88. The molecule has 0 amide bonds. The van der Waals surface area contributed by atoms with Gasteiger partial charge in [0, 0.05) is 18.2 Å². The molecular formula is C14H19NO3. The lowest BCUT2D eigenvalue weighted by atomic mass is 10.1. The van der Waals surface area contributed by atoms with Gasteiger partial charge in [0.15, 0.2) is 0 Å². The monoisotopic (exact) mass is 249 g/mol. The van der Waals surface area contributed by atoms with Gasteiger partial charge in [-0.15, -0.1) is 6.58 Å². The summed E-state index contributed by atoms with van der Waals surface area (Å²) in [4.78, 5) is 15.3. The molecule has 4 heteroatoms. The number of carboxylic acid groups (broad SMARTS) is 1. The SMILES string of the molecule is C=C(C)CCOc1cc(C(=O)O)cc(C(C)C)n1. The quantitative estimate of drug-likeness (QED) is 0.786. The van der Waals surface area contributed by atoms with Gasteiger partial charge < -0.3 is 9.84 Å². The molecule has 0 aromatic carbocycles. The van der Waals surface area contributed by atoms with Crippen LogP contribution in [0.25, 0.3) is 0 Å². The van der Waals surface area contributed by atoms with Crippen molar-refractivity contribution in [3.05, 3.63) is 35.5 Å². The number of aromatic nitrogens is 1. The maximum Gasteiger partial charge on any atom is 0.335 e. The Morgan fingerprint density at radius 1 is 1.50 bits per heavy atom. The van der Waals surface area contributed by atoms with Crippen molar-refractivity contribution in [1.82, 2.24) is 4.98 Å². The van der Waals surface area contributed by atoms with E-state index in [0.29, 0.717) is 12.5 Å². The summed E-state index contributed by atoms with van der Waals surface area (Å²) in [6.07, 6.45) is 0.732. The molecule has 0 spiro atoms. The van der Waals surface area contributed by atoms with Crippen LogP contribution in [-0.2, 0) is 0 Å². The fourth-order valence-electron chi connectivity index (χ4n) is 1.35. The standard InChI is InChI=1S/C14H19NO3/c1-9(2)5-6-18-13-8-11(14(16)17)7-12(15-13)10(3)4/h7-8,10H,1,5-6H2,2-4H3,(H,16,17). The minimum atomic E-state index is -0.968. The van der Waals surface area contributed by atoms with Gasteiger partial charge in [0.25, 0.3) is 0 Å². The maximum atomic E-state index is 11.0. The smallest absolute Gasteiger partial charge is 0.335 e. The molecule has 98 valence electrons. The Labute approximate surface area is 107 Å². The second-order valence-electron chi connectivity index (χ2n) is 4.63. The Balaban J connectivity index is 2.89. The number of ether oxygens (including phenoxy) is 1. The van der Waals surface area contributed by atoms with Crippen molar-refractivity contribution in [2.75, 3.05) is 6.61 Å². The molecule has 0 saturated carbocycles. The van der Waals surface area contributed by atoms with E-state index in [1.165, 1.54) is 6.07 Å². The van der Waals surface area contributed by atoms with Crippen LogP contribution < -0.4 is 4.74 Å². The van der Waals surface area contributed by atoms with E-state index >= 15 is 0 Å². The highest BCUT2D eigenvalue weighted by Crippen LogP contribution is 2.19. The minimum Gasteiger partial charge on any atom is -0.478 e. The molecule has 1 aromatic rings. The van der Waals surface area contributed by atoms with Crippen molar-refractivity contribution in [1.29, 1.82) is 0 Å². The number of hydrogen-bond acceptors (Lipinski definition) is 3. The second kappa shape index (κ2) is 6.19. The molecule has 0 unspecified atom stereocenters. The molecular weight excluding hydrogens is 230 g/mol. The average Bonchev–Trinajstić information content (AvgIpc) is 2.28. The van der Waals surface area contributed by atoms with Crippen LogP contribution in [0.4, 0.5) is 0 Å². The third-order valence-electron chi connectivity index (χ3n) is 2.44. The van der Waals surface area contributed by atoms with Gasteiger partial charge in [-0.3, -0.25) is 0 Å². The molecule has 1 rings (SSSR count). The van der Waals surface area contributed by atoms with E-state index in [4.69, 9.17) is 9.84 Å². The third kappa shape index (κ3) is 4.20. The predicted molar refractivity (Wildman–Crippen MR) is 70.2 cm³/mol. The predicted octanol–water partition coefficient (Wildman–Crippen LogP) is 3.25. The molecule has 4 nitrogen and oxygen atoms in total. The highest BCUT2D eigenvalue weighted by atomic mass is 16.5. The first-order valence-corrected chi connectivity index (χ1v) is 5.92. The second-order valence-corrected chi connectivity index (χ2v) is 4.63. The van der Waals surface area contributed by atoms with E-state index in [2.05, 4.69) is 11.6 Å². The highest BCUT2D eigenvalue weighted by Gasteiger charge is 2.11. The van der Waals surface area contributed by atoms with Crippen molar-refractivity contribution in [3.8, 4) is 5.88 Å². The van der Waals surface area contributed by atoms with Gasteiger partial charge in [-0.2, -0.15) is 0 Å². The summed E-state index contributed by atoms with van der Waals surface area (Å²) in [7, 11) is 0. The fourth-order valence-corrected chi connectivity index (χ4v) is 1.35. The van der Waals surface area contributed by atoms with Crippen molar-refractivity contribution >= 4 is 5.97 Å². The normalized spacial score (nSPS) is 10.4. The minimum absolute atomic E-state index is 0.160. The Kier molecular flexibility index (Phi) is 4.89. The van der Waals surface area contributed by atoms with Gasteiger partial charge in [0.05, 0.1) is 12.2 Å². The first-order chi connectivity index (χ1) is 8.40. The zero-order chi connectivity index (χ0) is 13.7. The Morgan fingerprint density at radius 3 is 2.67 bits per heavy atom. The average molecular weight is 249 g/mol. The lowest BCUT2D eigenvalue weighted by molar-refractivity contribution is 0.0696. The van der Waals surface area contributed by atoms with Gasteiger partial charge in [0.1, 0.15) is 0 Å². The number of hydrogen-bond donors (Lipinski definition) is 1. The van der Waals surface area contributed by atoms with Crippen LogP contribution in [0, 0.1) is 0 Å². The van der Waals surface area contributed by atoms with Gasteiger partial charge in [-0.25, -0.2) is 9.78 Å². The van der Waals surface area contributed by atoms with Gasteiger partial charge in [0.2, 0.25) is 5.88 Å². The van der Waals surface area contributed by atoms with Crippen LogP contribution in [0.5, 0.6) is 5.88 Å². The van der Waals surface area contributed by atoms with Gasteiger partial charge in [-0.1, -0.05) is 19.4 Å². The number of nitrogens with zero attached hydrogens (tertiary/aromatic N) is 1. The number of rotatable bonds is 6. The summed E-state index contributed by atoms with van der Waals surface area (Å²) in [5, 5.41) is 9.03. The van der Waals surface area contributed by atoms with Crippen LogP contribution in [0.2, 0.25) is 0 Å². The number of pyridine rings is 1. The van der Waals surface area contributed by atoms with Crippen LogP contribution in [0.15, 0.2) is 24.3 Å². The summed E-state index contributed by atoms with van der Waals surface area (Å²) in [6.45, 7) is 10.1. The van der Waals surface area contributed by atoms with Crippen molar-refractivity contribution < 1.29 is 14.6 Å². The maximum absolute atomic E-state index is 11.0. The van der Waals surface area contributed by atoms with E-state index in [-0.39, 0.29) is 11.5 Å². The van der Waals surface area contributed by atoms with Crippen molar-refractivity contribution in [3.63, 3.8) is 0 Å². The Bertz CT molecular complexity index is 452. The summed E-state index contributed by atoms with van der Waals surface area (Å²) >= 11 is 0. The van der Waals surface area contributed by atoms with E-state index in [9.17, 15) is 4.79 Å². The van der Waals surface area contributed by atoms with Crippen molar-refractivity contribution in [2.24, 2.45) is 0 Å². The lowest BCUT2D eigenvalue weighted by Crippen LogP contribution is -2.06. The van der Waals surface area contributed by atoms with E-state index in [1.54, 1.807) is 6.07 Å². The summed E-state index contributed by atoms with van der Waals surface area (Å²) in [5.74, 6) is -0.448. The van der Waals surface area contributed by atoms with E-state index in [1.807, 2.05) is 20.8 Å². The zero-order valence-electron chi connectivity index (χ0n) is 11.1. The molecule has 0 aliphatic carbocycles. The molecule has 0 atom stereocenters. The molecule has 18 heavy (non-hydrogen) atoms. The van der Waals surface area contributed by atoms with Crippen LogP contribution >= 0.6 is 0 Å². The van der Waals surface area contributed by atoms with Crippen LogP contribution in [0.3, 0.4) is 0 Å². The molecule has 0 aliphatic heterocycles. The van der Waals surface area contributed by atoms with E-state index in [0.717, 1.165) is 17.7 Å². The largest absolute Gasteiger partial charge is 0.478 e. The number of carbonyl (C=O) groups is 1. The number of carboxylic acids is 1. The first kappa shape index (κ1) is 14.2. The molecule has 1 heterocycles. The van der Waals surface area contributed by atoms with Crippen LogP contribution in [0.1, 0.15) is 49.2 Å². The molecule has 0 fully saturated rings. The molecule has 0 bridgehead atoms. The fraction of sp³-hybridized carbons (Fsp3) is 0.429. The third-order valence-corrected chi connectivity index (χ3v) is 2.44. The molecule has 0 radical (unpaired) electrons. The summed E-state index contributed by atoms with van der Waals surface area (Å²) < 4.78 is 5.46. The summed E-state index contributed by atoms with van der Waals surface area (Å²) in [5.41, 5.74) is 1.95. The molecule has 0 saturated heterocycles. The van der Waals surface area contributed by atoms with Gasteiger partial charge >= 0.3 is 5.97 Å². The zero-order valence-corrected chi connectivity index (χ0v) is 11.1. The first-order valence-electron chi connectivity index (χ1n) is 5.92. The van der Waals surface area contributed by atoms with E-state index < -0.39 is 5.97 Å². The number of aromatic carboxylic acids is 1. The van der Waals surface area contributed by atoms with Crippen LogP contribution in [-0.4, -0.2) is 22.7 Å². The Morgan fingerprint density at radius 2 is 2.17 bits per heavy atom. The Hall–Kier alpha value is -1.84. The van der Waals surface area contributed by atoms with Gasteiger partial charge in [-0.05, 0) is 18.9 Å². The molecule has 1 aromatic heterocycles. The topological polar surface area (TPSA) is 59.4 Å². The molecule has 0 aliphatic rings. The lowest BCUT2D eigenvalue weighted by Gasteiger charge is -2.10. The molecule has 1 N–H and O–H groups in total.